The first-order valence-corrected chi connectivity index (χ1v) is 8.12. The van der Waals surface area contributed by atoms with Crippen LogP contribution in [0.2, 0.25) is 0 Å². The minimum Gasteiger partial charge on any atom is -0.311 e. The van der Waals surface area contributed by atoms with Gasteiger partial charge in [-0.2, -0.15) is 0 Å². The minimum atomic E-state index is 0.545. The van der Waals surface area contributed by atoms with Crippen LogP contribution in [0.25, 0.3) is 0 Å². The monoisotopic (exact) mass is 251 g/mol. The van der Waals surface area contributed by atoms with E-state index < -0.39 is 0 Å². The zero-order chi connectivity index (χ0) is 13.3. The Morgan fingerprint density at radius 1 is 0.833 bits per heavy atom. The highest BCUT2D eigenvalue weighted by atomic mass is 15.0. The summed E-state index contributed by atoms with van der Waals surface area (Å²) in [7, 11) is 0. The van der Waals surface area contributed by atoms with E-state index in [9.17, 15) is 0 Å². The predicted octanol–water partition coefficient (Wildman–Crippen LogP) is 4.62. The smallest absolute Gasteiger partial charge is 0.00772 e. The molecule has 0 aromatic carbocycles. The molecule has 2 fully saturated rings. The molecule has 0 saturated heterocycles. The molecule has 0 aromatic rings. The third-order valence-electron chi connectivity index (χ3n) is 5.46. The van der Waals surface area contributed by atoms with E-state index in [0.717, 1.165) is 29.8 Å². The molecule has 106 valence electrons. The van der Waals surface area contributed by atoms with E-state index in [2.05, 4.69) is 39.9 Å². The lowest BCUT2D eigenvalue weighted by molar-refractivity contribution is 0.128. The van der Waals surface area contributed by atoms with E-state index in [0.29, 0.717) is 5.41 Å². The lowest BCUT2D eigenvalue weighted by Gasteiger charge is -2.42. The fourth-order valence-electron chi connectivity index (χ4n) is 4.51. The van der Waals surface area contributed by atoms with Crippen molar-refractivity contribution in [1.82, 2.24) is 5.32 Å². The summed E-state index contributed by atoms with van der Waals surface area (Å²) in [6.07, 6.45) is 8.39. The molecule has 0 spiro atoms. The van der Waals surface area contributed by atoms with Gasteiger partial charge in [0.2, 0.25) is 0 Å². The van der Waals surface area contributed by atoms with Gasteiger partial charge in [0, 0.05) is 12.1 Å². The van der Waals surface area contributed by atoms with Gasteiger partial charge in [-0.1, -0.05) is 34.6 Å². The van der Waals surface area contributed by atoms with E-state index in [1.54, 1.807) is 0 Å². The Hall–Kier alpha value is -0.0400. The van der Waals surface area contributed by atoms with Gasteiger partial charge >= 0.3 is 0 Å². The van der Waals surface area contributed by atoms with Gasteiger partial charge in [0.25, 0.3) is 0 Å². The van der Waals surface area contributed by atoms with Crippen LogP contribution in [0.5, 0.6) is 0 Å². The molecule has 2 rings (SSSR count). The molecule has 2 aliphatic rings. The minimum absolute atomic E-state index is 0.545. The van der Waals surface area contributed by atoms with Crippen molar-refractivity contribution in [2.75, 3.05) is 0 Å². The fraction of sp³-hybridized carbons (Fsp3) is 1.00. The number of nitrogens with one attached hydrogen (secondary N) is 1. The largest absolute Gasteiger partial charge is 0.311 e. The van der Waals surface area contributed by atoms with Crippen LogP contribution in [0.15, 0.2) is 0 Å². The van der Waals surface area contributed by atoms with Gasteiger partial charge in [-0.15, -0.1) is 0 Å². The predicted molar refractivity (Wildman–Crippen MR) is 79.7 cm³/mol. The number of hydrogen-bond donors (Lipinski definition) is 1. The van der Waals surface area contributed by atoms with Gasteiger partial charge in [0.1, 0.15) is 0 Å². The first-order chi connectivity index (χ1) is 8.35. The summed E-state index contributed by atoms with van der Waals surface area (Å²) in [5, 5.41) is 3.99. The van der Waals surface area contributed by atoms with Crippen LogP contribution in [-0.2, 0) is 0 Å². The molecule has 0 bridgehead atoms. The van der Waals surface area contributed by atoms with Gasteiger partial charge < -0.3 is 5.32 Å². The van der Waals surface area contributed by atoms with Crippen LogP contribution < -0.4 is 5.32 Å². The molecule has 1 heteroatoms. The molecule has 0 aromatic heterocycles. The Morgan fingerprint density at radius 3 is 2.17 bits per heavy atom. The topological polar surface area (TPSA) is 12.0 Å². The molecule has 2 saturated carbocycles. The second-order valence-electron chi connectivity index (χ2n) is 8.24. The lowest BCUT2D eigenvalue weighted by Crippen LogP contribution is -2.47. The van der Waals surface area contributed by atoms with Crippen molar-refractivity contribution in [3.05, 3.63) is 0 Å². The van der Waals surface area contributed by atoms with Crippen molar-refractivity contribution in [2.45, 2.75) is 85.2 Å². The lowest BCUT2D eigenvalue weighted by atomic mass is 9.70. The third kappa shape index (κ3) is 3.73. The molecule has 0 radical (unpaired) electrons. The SMILES string of the molecule is CC1CC(NC2CCC(C)C(C)C2)CC(C)(C)C1. The maximum absolute atomic E-state index is 3.99. The van der Waals surface area contributed by atoms with Gasteiger partial charge in [-0.3, -0.25) is 0 Å². The first kappa shape index (κ1) is 14.4. The van der Waals surface area contributed by atoms with Crippen LogP contribution in [0.3, 0.4) is 0 Å². The average Bonchev–Trinajstić information content (AvgIpc) is 2.20. The Labute approximate surface area is 114 Å². The molecular weight excluding hydrogens is 218 g/mol. The fourth-order valence-corrected chi connectivity index (χ4v) is 4.51. The second kappa shape index (κ2) is 5.53. The Kier molecular flexibility index (Phi) is 4.41. The van der Waals surface area contributed by atoms with Crippen molar-refractivity contribution in [1.29, 1.82) is 0 Å². The van der Waals surface area contributed by atoms with Crippen LogP contribution >= 0.6 is 0 Å². The molecule has 1 nitrogen and oxygen atoms in total. The van der Waals surface area contributed by atoms with Gasteiger partial charge in [-0.05, 0) is 61.7 Å². The van der Waals surface area contributed by atoms with E-state index in [1.807, 2.05) is 0 Å². The Balaban J connectivity index is 1.86. The summed E-state index contributed by atoms with van der Waals surface area (Å²) in [4.78, 5) is 0. The van der Waals surface area contributed by atoms with Crippen molar-refractivity contribution >= 4 is 0 Å². The Bertz CT molecular complexity index is 271. The summed E-state index contributed by atoms with van der Waals surface area (Å²) in [6, 6.07) is 1.57. The third-order valence-corrected chi connectivity index (χ3v) is 5.46. The van der Waals surface area contributed by atoms with E-state index in [1.165, 1.54) is 38.5 Å². The quantitative estimate of drug-likeness (QED) is 0.755. The normalized spacial score (nSPS) is 44.8. The van der Waals surface area contributed by atoms with Crippen molar-refractivity contribution in [3.63, 3.8) is 0 Å². The highest BCUT2D eigenvalue weighted by molar-refractivity contribution is 4.90. The molecule has 5 atom stereocenters. The maximum Gasteiger partial charge on any atom is 0.00772 e. The summed E-state index contributed by atoms with van der Waals surface area (Å²) < 4.78 is 0. The van der Waals surface area contributed by atoms with E-state index in [-0.39, 0.29) is 0 Å². The summed E-state index contributed by atoms with van der Waals surface area (Å²) in [6.45, 7) is 12.2. The molecule has 0 aliphatic heterocycles. The maximum atomic E-state index is 3.99. The van der Waals surface area contributed by atoms with Crippen LogP contribution in [0.1, 0.15) is 73.1 Å². The number of rotatable bonds is 2. The molecule has 0 heterocycles. The molecule has 18 heavy (non-hydrogen) atoms. The standard InChI is InChI=1S/C17H33N/c1-12-8-16(11-17(4,5)10-12)18-15-7-6-13(2)14(3)9-15/h12-16,18H,6-11H2,1-5H3. The van der Waals surface area contributed by atoms with Crippen LogP contribution in [0.4, 0.5) is 0 Å². The van der Waals surface area contributed by atoms with Crippen molar-refractivity contribution in [3.8, 4) is 0 Å². The van der Waals surface area contributed by atoms with Gasteiger partial charge in [0.15, 0.2) is 0 Å². The van der Waals surface area contributed by atoms with Gasteiger partial charge in [-0.25, -0.2) is 0 Å². The molecule has 1 N–H and O–H groups in total. The van der Waals surface area contributed by atoms with Crippen molar-refractivity contribution < 1.29 is 0 Å². The van der Waals surface area contributed by atoms with Crippen LogP contribution in [-0.4, -0.2) is 12.1 Å². The Morgan fingerprint density at radius 2 is 1.56 bits per heavy atom. The highest BCUT2D eigenvalue weighted by Crippen LogP contribution is 2.39. The van der Waals surface area contributed by atoms with Crippen LogP contribution in [0, 0.1) is 23.2 Å². The highest BCUT2D eigenvalue weighted by Gasteiger charge is 2.34. The number of hydrogen-bond acceptors (Lipinski definition) is 1. The summed E-state index contributed by atoms with van der Waals surface area (Å²) in [5.41, 5.74) is 0.545. The average molecular weight is 251 g/mol. The molecular formula is C17H33N. The van der Waals surface area contributed by atoms with Crippen molar-refractivity contribution in [2.24, 2.45) is 23.2 Å². The molecule has 2 aliphatic carbocycles. The van der Waals surface area contributed by atoms with E-state index in [4.69, 9.17) is 0 Å². The zero-order valence-corrected chi connectivity index (χ0v) is 13.1. The van der Waals surface area contributed by atoms with E-state index >= 15 is 0 Å². The molecule has 0 amide bonds. The second-order valence-corrected chi connectivity index (χ2v) is 8.24. The zero-order valence-electron chi connectivity index (χ0n) is 13.1. The summed E-state index contributed by atoms with van der Waals surface area (Å²) in [5.74, 6) is 2.74. The van der Waals surface area contributed by atoms with Gasteiger partial charge in [0.05, 0.1) is 0 Å². The first-order valence-electron chi connectivity index (χ1n) is 8.12. The molecule has 5 unspecified atom stereocenters. The summed E-state index contributed by atoms with van der Waals surface area (Å²) >= 11 is 0.